The van der Waals surface area contributed by atoms with Gasteiger partial charge in [-0.25, -0.2) is 0 Å². The molecule has 2 heteroatoms. The zero-order valence-corrected chi connectivity index (χ0v) is 4.89. The summed E-state index contributed by atoms with van der Waals surface area (Å²) in [5.41, 5.74) is 1.47. The van der Waals surface area contributed by atoms with Crippen molar-refractivity contribution in [1.29, 1.82) is 0 Å². The monoisotopic (exact) mass is 135 g/mol. The molecule has 0 aliphatic heterocycles. The third kappa shape index (κ3) is 2.57. The van der Waals surface area contributed by atoms with Crippen molar-refractivity contribution in [2.24, 2.45) is 0 Å². The third-order valence-corrected chi connectivity index (χ3v) is 0.982. The Labute approximate surface area is 39.1 Å². The maximum absolute atomic E-state index is 5.01. The van der Waals surface area contributed by atoms with Gasteiger partial charge in [0, 0.05) is 0 Å². The molecule has 0 aromatic heterocycles. The molecule has 0 aromatic carbocycles. The molecule has 0 nitrogen and oxygen atoms in total. The van der Waals surface area contributed by atoms with Gasteiger partial charge in [-0.3, -0.25) is 0 Å². The average Bonchev–Trinajstić information content (AvgIpc) is 1.37. The fourth-order valence-electron chi connectivity index (χ4n) is 0. The van der Waals surface area contributed by atoms with Crippen LogP contribution < -0.4 is 0 Å². The van der Waals surface area contributed by atoms with Gasteiger partial charge in [0.1, 0.15) is 0 Å². The van der Waals surface area contributed by atoms with Crippen molar-refractivity contribution in [1.82, 2.24) is 0 Å². The first kappa shape index (κ1) is 4.57. The molecule has 0 fully saturated rings. The molecule has 0 amide bonds. The molecule has 0 bridgehead atoms. The quantitative estimate of drug-likeness (QED) is 0.431. The van der Waals surface area contributed by atoms with E-state index in [0.717, 1.165) is 0 Å². The van der Waals surface area contributed by atoms with Crippen LogP contribution in [0.25, 0.3) is 0 Å². The average molecular weight is 134 g/mol. The van der Waals surface area contributed by atoms with Crippen molar-refractivity contribution < 1.29 is 0 Å². The Morgan fingerprint density at radius 1 is 1.75 bits per heavy atom. The van der Waals surface area contributed by atoms with Crippen LogP contribution in [0.2, 0.25) is 0 Å². The number of halogens is 1. The minimum absolute atomic E-state index is 1.47. The van der Waals surface area contributed by atoms with Gasteiger partial charge >= 0.3 is 38.6 Å². The Bertz CT molecular complexity index is 21.2. The summed E-state index contributed by atoms with van der Waals surface area (Å²) in [5, 5.41) is 0. The molecule has 4 heavy (non-hydrogen) atoms. The van der Waals surface area contributed by atoms with Crippen molar-refractivity contribution >= 4 is 28.1 Å². The first-order valence-electron chi connectivity index (χ1n) is 0.840. The summed E-state index contributed by atoms with van der Waals surface area (Å²) in [6, 6.07) is 0. The van der Waals surface area contributed by atoms with E-state index in [2.05, 4.69) is 0 Å². The maximum atomic E-state index is 5.01. The summed E-state index contributed by atoms with van der Waals surface area (Å²) < 4.78 is 0. The van der Waals surface area contributed by atoms with Crippen molar-refractivity contribution in [2.45, 2.75) is 0 Å². The van der Waals surface area contributed by atoms with E-state index < -0.39 is 0 Å². The van der Waals surface area contributed by atoms with Crippen LogP contribution in [0.3, 0.4) is 0 Å². The van der Waals surface area contributed by atoms with Gasteiger partial charge < -0.3 is 0 Å². The molecule has 0 unspecified atom stereocenters. The molecule has 0 saturated heterocycles. The van der Waals surface area contributed by atoms with Crippen molar-refractivity contribution in [2.75, 3.05) is 0 Å². The molecular weight excluding hydrogens is 132 g/mol. The normalized spacial score (nSPS) is 9.50. The predicted octanol–water partition coefficient (Wildman–Crippen LogP) is 0.865. The number of rotatable bonds is 0. The first-order valence-corrected chi connectivity index (χ1v) is 2.49. The second-order valence-corrected chi connectivity index (χ2v) is 1.24. The summed E-state index contributed by atoms with van der Waals surface area (Å²) in [6.07, 6.45) is 0. The predicted molar refractivity (Wildman–Crippen MR) is 20.7 cm³/mol. The van der Waals surface area contributed by atoms with Gasteiger partial charge in [0.15, 0.2) is 0 Å². The van der Waals surface area contributed by atoms with E-state index in [-0.39, 0.29) is 0 Å². The van der Waals surface area contributed by atoms with Crippen LogP contribution >= 0.6 is 11.6 Å². The summed E-state index contributed by atoms with van der Waals surface area (Å²) in [4.78, 5) is 1.77. The van der Waals surface area contributed by atoms with E-state index in [4.69, 9.17) is 11.6 Å². The van der Waals surface area contributed by atoms with Crippen LogP contribution in [0.1, 0.15) is 0 Å². The Hall–Kier alpha value is 0.573. The van der Waals surface area contributed by atoms with Crippen molar-refractivity contribution in [3.05, 3.63) is 10.4 Å². The molecule has 0 saturated carbocycles. The van der Waals surface area contributed by atoms with Gasteiger partial charge in [0.2, 0.25) is 0 Å². The van der Waals surface area contributed by atoms with Gasteiger partial charge in [-0.05, 0) is 0 Å². The number of hydrogen-bond acceptors (Lipinski definition) is 0. The van der Waals surface area contributed by atoms with Gasteiger partial charge in [0.25, 0.3) is 0 Å². The topological polar surface area (TPSA) is 0 Å². The Morgan fingerprint density at radius 3 is 2.00 bits per heavy atom. The van der Waals surface area contributed by atoms with E-state index in [1.54, 1.807) is 4.91 Å². The molecule has 3 radical (unpaired) electrons. The SMILES string of the molecule is ClC=[CH][Ge]. The molecule has 0 N–H and O–H groups in total. The van der Waals surface area contributed by atoms with Gasteiger partial charge in [-0.1, -0.05) is 0 Å². The van der Waals surface area contributed by atoms with E-state index in [1.165, 1.54) is 5.54 Å². The molecule has 0 atom stereocenters. The zero-order valence-electron chi connectivity index (χ0n) is 2.03. The fourth-order valence-corrected chi connectivity index (χ4v) is 0. The number of hydrogen-bond donors (Lipinski definition) is 0. The summed E-state index contributed by atoms with van der Waals surface area (Å²) in [5.74, 6) is 0. The first-order chi connectivity index (χ1) is 1.91. The van der Waals surface area contributed by atoms with Crippen LogP contribution in [0.4, 0.5) is 0 Å². The van der Waals surface area contributed by atoms with E-state index in [9.17, 15) is 0 Å². The van der Waals surface area contributed by atoms with Crippen LogP contribution in [-0.4, -0.2) is 16.5 Å². The Morgan fingerprint density at radius 2 is 2.00 bits per heavy atom. The van der Waals surface area contributed by atoms with Crippen LogP contribution in [-0.2, 0) is 0 Å². The fraction of sp³-hybridized carbons (Fsp3) is 0. The van der Waals surface area contributed by atoms with E-state index in [0.29, 0.717) is 0 Å². The molecule has 0 spiro atoms. The Balaban J connectivity index is 2.55. The summed E-state index contributed by atoms with van der Waals surface area (Å²) >= 11 is 6.87. The molecule has 0 rings (SSSR count). The van der Waals surface area contributed by atoms with Crippen LogP contribution in [0.15, 0.2) is 10.4 Å². The second-order valence-electron chi connectivity index (χ2n) is 0.293. The standard InChI is InChI=1S/C2H2ClGe/c3-1-2-4/h1-2H. The summed E-state index contributed by atoms with van der Waals surface area (Å²) in [7, 11) is 0. The van der Waals surface area contributed by atoms with E-state index >= 15 is 0 Å². The molecule has 0 heterocycles. The van der Waals surface area contributed by atoms with Crippen LogP contribution in [0.5, 0.6) is 0 Å². The van der Waals surface area contributed by atoms with E-state index in [1.807, 2.05) is 16.5 Å². The molecule has 0 aliphatic carbocycles. The molecule has 0 aliphatic rings. The summed E-state index contributed by atoms with van der Waals surface area (Å²) in [6.45, 7) is 0. The van der Waals surface area contributed by atoms with Gasteiger partial charge in [-0.2, -0.15) is 0 Å². The molecule has 0 aromatic rings. The Kier molecular flexibility index (Phi) is 4.08. The molecular formula is C2H2ClGe. The van der Waals surface area contributed by atoms with Crippen molar-refractivity contribution in [3.8, 4) is 0 Å². The zero-order chi connectivity index (χ0) is 3.41. The van der Waals surface area contributed by atoms with Gasteiger partial charge in [0.05, 0.1) is 0 Å². The third-order valence-electron chi connectivity index (χ3n) is 0.0630. The molecule has 21 valence electrons. The minimum atomic E-state index is 1.47. The van der Waals surface area contributed by atoms with Crippen molar-refractivity contribution in [3.63, 3.8) is 0 Å². The van der Waals surface area contributed by atoms with Gasteiger partial charge in [-0.15, -0.1) is 0 Å². The second kappa shape index (κ2) is 3.57. The van der Waals surface area contributed by atoms with Crippen LogP contribution in [0, 0.1) is 0 Å².